The highest BCUT2D eigenvalue weighted by atomic mass is 32.2. The van der Waals surface area contributed by atoms with Gasteiger partial charge in [0.15, 0.2) is 11.5 Å². The number of sulfonamides is 1. The Hall–Kier alpha value is -4.84. The van der Waals surface area contributed by atoms with Crippen LogP contribution in [0.2, 0.25) is 0 Å². The summed E-state index contributed by atoms with van der Waals surface area (Å²) in [6.07, 6.45) is 4.36. The molecule has 0 aliphatic carbocycles. The summed E-state index contributed by atoms with van der Waals surface area (Å²) in [4.78, 5) is 14.5. The molecule has 47 heavy (non-hydrogen) atoms. The third-order valence-corrected chi connectivity index (χ3v) is 9.22. The Morgan fingerprint density at radius 2 is 1.81 bits per heavy atom. The lowest BCUT2D eigenvalue weighted by Gasteiger charge is -2.29. The van der Waals surface area contributed by atoms with Gasteiger partial charge in [-0.3, -0.25) is 9.21 Å². The molecule has 3 aromatic carbocycles. The van der Waals surface area contributed by atoms with Crippen molar-refractivity contribution in [3.05, 3.63) is 90.4 Å². The third kappa shape index (κ3) is 7.94. The molecule has 2 heterocycles. The lowest BCUT2D eigenvalue weighted by atomic mass is 10.1. The van der Waals surface area contributed by atoms with Gasteiger partial charge in [-0.05, 0) is 55.0 Å². The predicted octanol–water partition coefficient (Wildman–Crippen LogP) is 7.13. The van der Waals surface area contributed by atoms with E-state index in [-0.39, 0.29) is 60.1 Å². The first-order chi connectivity index (χ1) is 22.7. The minimum Gasteiger partial charge on any atom is -0.505 e. The molecule has 0 atom stereocenters. The predicted molar refractivity (Wildman–Crippen MR) is 177 cm³/mol. The van der Waals surface area contributed by atoms with Gasteiger partial charge in [0, 0.05) is 30.8 Å². The molecule has 11 nitrogen and oxygen atoms in total. The van der Waals surface area contributed by atoms with Gasteiger partial charge in [0.25, 0.3) is 10.0 Å². The van der Waals surface area contributed by atoms with E-state index in [1.54, 1.807) is 24.3 Å². The minimum absolute atomic E-state index is 0.00660. The normalized spacial score (nSPS) is 12.3. The summed E-state index contributed by atoms with van der Waals surface area (Å²) in [6.45, 7) is 6.05. The molecule has 0 radical (unpaired) electrons. The minimum atomic E-state index is -4.26. The van der Waals surface area contributed by atoms with E-state index in [4.69, 9.17) is 23.4 Å². The molecule has 250 valence electrons. The van der Waals surface area contributed by atoms with Crippen molar-refractivity contribution in [1.82, 2.24) is 0 Å². The Morgan fingerprint density at radius 1 is 1.02 bits per heavy atom. The molecule has 0 saturated carbocycles. The molecule has 5 rings (SSSR count). The summed E-state index contributed by atoms with van der Waals surface area (Å²) >= 11 is 0. The molecule has 1 aliphatic heterocycles. The highest BCUT2D eigenvalue weighted by Crippen LogP contribution is 2.44. The second-order valence-corrected chi connectivity index (χ2v) is 13.4. The first-order valence-electron chi connectivity index (χ1n) is 15.6. The summed E-state index contributed by atoms with van der Waals surface area (Å²) in [5, 5.41) is 11.7. The highest BCUT2D eigenvalue weighted by Gasteiger charge is 2.33. The smallest absolute Gasteiger partial charge is 0.414 e. The Bertz CT molecular complexity index is 1740. The molecule has 0 spiro atoms. The number of aryl methyl sites for hydroxylation is 1. The van der Waals surface area contributed by atoms with Crippen LogP contribution in [0.4, 0.5) is 16.2 Å². The molecular weight excluding hydrogens is 624 g/mol. The molecule has 12 heteroatoms. The molecule has 0 saturated heterocycles. The van der Waals surface area contributed by atoms with Crippen LogP contribution in [-0.2, 0) is 27.8 Å². The second kappa shape index (κ2) is 15.2. The summed E-state index contributed by atoms with van der Waals surface area (Å²) in [7, 11) is -4.26. The Morgan fingerprint density at radius 3 is 2.53 bits per heavy atom. The van der Waals surface area contributed by atoms with Crippen LogP contribution < -0.4 is 23.4 Å². The average molecular weight is 665 g/mol. The van der Waals surface area contributed by atoms with Crippen LogP contribution in [0.15, 0.2) is 88.6 Å². The quantitative estimate of drug-likeness (QED) is 0.132. The van der Waals surface area contributed by atoms with E-state index in [2.05, 4.69) is 0 Å². The summed E-state index contributed by atoms with van der Waals surface area (Å²) < 4.78 is 57.5. The van der Waals surface area contributed by atoms with Gasteiger partial charge in [0.2, 0.25) is 6.79 Å². The van der Waals surface area contributed by atoms with Crippen molar-refractivity contribution in [2.75, 3.05) is 35.7 Å². The summed E-state index contributed by atoms with van der Waals surface area (Å²) in [5.41, 5.74) is 1.86. The molecule has 0 bridgehead atoms. The van der Waals surface area contributed by atoms with Crippen LogP contribution >= 0.6 is 0 Å². The van der Waals surface area contributed by atoms with Gasteiger partial charge in [-0.15, -0.1) is 0 Å². The number of phenolic OH excluding ortho intramolecular Hbond substituents is 1. The zero-order valence-electron chi connectivity index (χ0n) is 26.8. The first-order valence-corrected chi connectivity index (χ1v) is 17.0. The lowest BCUT2D eigenvalue weighted by Crippen LogP contribution is -2.35. The van der Waals surface area contributed by atoms with Crippen molar-refractivity contribution in [1.29, 1.82) is 0 Å². The molecule has 4 aromatic rings. The number of hydrogen-bond acceptors (Lipinski definition) is 9. The average Bonchev–Trinajstić information content (AvgIpc) is 3.77. The zero-order chi connectivity index (χ0) is 33.4. The van der Waals surface area contributed by atoms with Crippen LogP contribution in [0.5, 0.6) is 23.0 Å². The summed E-state index contributed by atoms with van der Waals surface area (Å²) in [6, 6.07) is 19.2. The van der Waals surface area contributed by atoms with E-state index < -0.39 is 16.1 Å². The number of benzene rings is 3. The van der Waals surface area contributed by atoms with Gasteiger partial charge < -0.3 is 28.5 Å². The largest absolute Gasteiger partial charge is 0.505 e. The van der Waals surface area contributed by atoms with Gasteiger partial charge >= 0.3 is 6.09 Å². The number of nitrogens with zero attached hydrogens (tertiary/aromatic N) is 2. The van der Waals surface area contributed by atoms with Crippen LogP contribution in [0.3, 0.4) is 0 Å². The topological polar surface area (TPSA) is 128 Å². The van der Waals surface area contributed by atoms with E-state index in [0.717, 1.165) is 16.3 Å². The molecular formula is C35H40N2O9S. The van der Waals surface area contributed by atoms with Crippen molar-refractivity contribution in [3.63, 3.8) is 0 Å². The number of aromatic hydroxyl groups is 1. The number of furan rings is 1. The number of phenols is 1. The maximum atomic E-state index is 14.3. The number of ether oxygens (including phenoxy) is 4. The zero-order valence-corrected chi connectivity index (χ0v) is 27.6. The second-order valence-electron chi connectivity index (χ2n) is 11.5. The maximum Gasteiger partial charge on any atom is 0.414 e. The lowest BCUT2D eigenvalue weighted by molar-refractivity contribution is 0.146. The van der Waals surface area contributed by atoms with Crippen molar-refractivity contribution in [2.45, 2.75) is 51.5 Å². The van der Waals surface area contributed by atoms with Crippen molar-refractivity contribution < 1.29 is 41.7 Å². The molecule has 1 amide bonds. The number of amides is 1. The third-order valence-electron chi connectivity index (χ3n) is 7.46. The number of fused-ring (bicyclic) bond motifs is 1. The molecule has 1 aliphatic rings. The Kier molecular flexibility index (Phi) is 10.8. The number of carbonyl (C=O) groups is 1. The fraction of sp³-hybridized carbons (Fsp3) is 0.343. The molecule has 1 N–H and O–H groups in total. The number of carbonyl (C=O) groups excluding carboxylic acids is 1. The Labute approximate surface area is 275 Å². The highest BCUT2D eigenvalue weighted by molar-refractivity contribution is 7.92. The van der Waals surface area contributed by atoms with Gasteiger partial charge in [0.05, 0.1) is 23.5 Å². The van der Waals surface area contributed by atoms with Crippen LogP contribution in [0, 0.1) is 5.92 Å². The van der Waals surface area contributed by atoms with Crippen molar-refractivity contribution in [2.24, 2.45) is 5.92 Å². The van der Waals surface area contributed by atoms with E-state index in [1.165, 1.54) is 29.6 Å². The number of hydrogen-bond donors (Lipinski definition) is 1. The van der Waals surface area contributed by atoms with Gasteiger partial charge in [-0.1, -0.05) is 51.1 Å². The van der Waals surface area contributed by atoms with E-state index in [9.17, 15) is 18.3 Å². The molecule has 0 unspecified atom stereocenters. The van der Waals surface area contributed by atoms with Crippen LogP contribution in [0.1, 0.15) is 44.7 Å². The van der Waals surface area contributed by atoms with E-state index in [0.29, 0.717) is 36.6 Å². The fourth-order valence-electron chi connectivity index (χ4n) is 5.16. The number of rotatable bonds is 15. The van der Waals surface area contributed by atoms with E-state index in [1.807, 2.05) is 51.1 Å². The number of anilines is 2. The SMILES string of the molecule is CCCN(C(=O)OCc1ccc(OCCCc2ccccc2)c(N(CC(C)C)S(=O)(=O)c2ccc3c(c2)OCO3)c1O)c1ccoc1. The fourth-order valence-corrected chi connectivity index (χ4v) is 6.83. The van der Waals surface area contributed by atoms with Crippen LogP contribution in [-0.4, -0.2) is 46.1 Å². The first kappa shape index (κ1) is 33.5. The molecule has 0 fully saturated rings. The van der Waals surface area contributed by atoms with Crippen molar-refractivity contribution >= 4 is 27.5 Å². The summed E-state index contributed by atoms with van der Waals surface area (Å²) in [5.74, 6) is 0.437. The maximum absolute atomic E-state index is 14.3. The molecule has 1 aromatic heterocycles. The monoisotopic (exact) mass is 664 g/mol. The van der Waals surface area contributed by atoms with Gasteiger partial charge in [-0.25, -0.2) is 13.2 Å². The van der Waals surface area contributed by atoms with Gasteiger partial charge in [-0.2, -0.15) is 0 Å². The van der Waals surface area contributed by atoms with Gasteiger partial charge in [0.1, 0.15) is 30.1 Å². The van der Waals surface area contributed by atoms with Crippen LogP contribution in [0.25, 0.3) is 0 Å². The Balaban J connectivity index is 1.48. The van der Waals surface area contributed by atoms with Crippen molar-refractivity contribution in [3.8, 4) is 23.0 Å². The van der Waals surface area contributed by atoms with E-state index >= 15 is 0 Å². The standard InChI is InChI=1S/C35H40N2O9S/c1-4-17-36(28-16-19-42-23-28)35(39)44-22-27-12-14-31(43-18-8-11-26-9-6-5-7-10-26)33(34(27)38)37(21-25(2)3)47(40,41)29-13-15-30-32(20-29)46-24-45-30/h5-7,9-10,12-16,19-20,23,25,38H,4,8,11,17-18,21-22,24H2,1-3H3.